The second-order valence-electron chi connectivity index (χ2n) is 4.13. The van der Waals surface area contributed by atoms with E-state index in [1.807, 2.05) is 34.0 Å². The van der Waals surface area contributed by atoms with Crippen LogP contribution in [0.1, 0.15) is 22.8 Å². The predicted octanol–water partition coefficient (Wildman–Crippen LogP) is 1.31. The second kappa shape index (κ2) is 4.63. The molecular weight excluding hydrogens is 214 g/mol. The zero-order valence-corrected chi connectivity index (χ0v) is 10.7. The maximum absolute atomic E-state index is 4.46. The summed E-state index contributed by atoms with van der Waals surface area (Å²) in [5.41, 5.74) is 2.27. The molecule has 0 saturated carbocycles. The van der Waals surface area contributed by atoms with Gasteiger partial charge in [-0.05, 0) is 45.0 Å². The van der Waals surface area contributed by atoms with Gasteiger partial charge in [-0.25, -0.2) is 9.97 Å². The summed E-state index contributed by atoms with van der Waals surface area (Å²) >= 11 is 0. The minimum Gasteiger partial charge on any atom is -0.316 e. The van der Waals surface area contributed by atoms with Crippen LogP contribution in [0, 0.1) is 20.8 Å². The minimum atomic E-state index is 0.767. The largest absolute Gasteiger partial charge is 0.316 e. The summed E-state index contributed by atoms with van der Waals surface area (Å²) < 4.78 is 1.79. The Labute approximate surface area is 101 Å². The lowest BCUT2D eigenvalue weighted by molar-refractivity contribution is 0.779. The maximum atomic E-state index is 4.46. The van der Waals surface area contributed by atoms with Crippen molar-refractivity contribution in [3.8, 4) is 5.82 Å². The summed E-state index contributed by atoms with van der Waals surface area (Å²) in [5.74, 6) is 2.48. The van der Waals surface area contributed by atoms with Crippen molar-refractivity contribution in [3.05, 3.63) is 35.0 Å². The van der Waals surface area contributed by atoms with E-state index in [9.17, 15) is 0 Å². The van der Waals surface area contributed by atoms with Crippen LogP contribution in [0.15, 0.2) is 12.3 Å². The van der Waals surface area contributed by atoms with Gasteiger partial charge in [0.25, 0.3) is 0 Å². The minimum absolute atomic E-state index is 0.767. The van der Waals surface area contributed by atoms with Crippen molar-refractivity contribution in [2.75, 3.05) is 7.05 Å². The topological polar surface area (TPSA) is 55.6 Å². The average molecular weight is 231 g/mol. The number of pyridine rings is 1. The predicted molar refractivity (Wildman–Crippen MR) is 66.1 cm³/mol. The van der Waals surface area contributed by atoms with Crippen molar-refractivity contribution in [2.24, 2.45) is 0 Å². The van der Waals surface area contributed by atoms with E-state index in [1.165, 1.54) is 5.56 Å². The van der Waals surface area contributed by atoms with Crippen LogP contribution in [0.5, 0.6) is 0 Å². The van der Waals surface area contributed by atoms with Crippen LogP contribution >= 0.6 is 0 Å². The van der Waals surface area contributed by atoms with Crippen molar-refractivity contribution in [3.63, 3.8) is 0 Å². The Hall–Kier alpha value is -1.75. The fourth-order valence-electron chi connectivity index (χ4n) is 1.87. The highest BCUT2D eigenvalue weighted by Crippen LogP contribution is 2.13. The van der Waals surface area contributed by atoms with Gasteiger partial charge in [-0.2, -0.15) is 4.68 Å². The zero-order chi connectivity index (χ0) is 12.4. The van der Waals surface area contributed by atoms with Gasteiger partial charge < -0.3 is 5.32 Å². The summed E-state index contributed by atoms with van der Waals surface area (Å²) in [6.07, 6.45) is 1.87. The summed E-state index contributed by atoms with van der Waals surface area (Å²) in [7, 11) is 1.92. The van der Waals surface area contributed by atoms with Gasteiger partial charge in [-0.15, -0.1) is 5.10 Å². The molecule has 0 spiro atoms. The highest BCUT2D eigenvalue weighted by Gasteiger charge is 2.09. The third kappa shape index (κ3) is 2.34. The van der Waals surface area contributed by atoms with Crippen molar-refractivity contribution in [1.29, 1.82) is 0 Å². The molecule has 5 nitrogen and oxygen atoms in total. The Morgan fingerprint density at radius 2 is 2.06 bits per heavy atom. The quantitative estimate of drug-likeness (QED) is 0.865. The molecular formula is C12H17N5. The third-order valence-corrected chi connectivity index (χ3v) is 2.56. The lowest BCUT2D eigenvalue weighted by Gasteiger charge is -2.08. The fraction of sp³-hybridized carbons (Fsp3) is 0.417. The third-order valence-electron chi connectivity index (χ3n) is 2.56. The van der Waals surface area contributed by atoms with Gasteiger partial charge in [0.15, 0.2) is 5.82 Å². The van der Waals surface area contributed by atoms with Crippen LogP contribution in [0.3, 0.4) is 0 Å². The van der Waals surface area contributed by atoms with E-state index in [4.69, 9.17) is 0 Å². The van der Waals surface area contributed by atoms with Gasteiger partial charge in [-0.3, -0.25) is 0 Å². The number of hydrogen-bond acceptors (Lipinski definition) is 4. The van der Waals surface area contributed by atoms with E-state index in [2.05, 4.69) is 26.4 Å². The zero-order valence-electron chi connectivity index (χ0n) is 10.7. The molecule has 2 heterocycles. The summed E-state index contributed by atoms with van der Waals surface area (Å²) in [4.78, 5) is 8.75. The van der Waals surface area contributed by atoms with Gasteiger partial charge in [-0.1, -0.05) is 0 Å². The number of aryl methyl sites for hydroxylation is 3. The van der Waals surface area contributed by atoms with Crippen LogP contribution in [-0.4, -0.2) is 26.8 Å². The van der Waals surface area contributed by atoms with E-state index < -0.39 is 0 Å². The molecule has 2 aromatic heterocycles. The first-order chi connectivity index (χ1) is 8.11. The van der Waals surface area contributed by atoms with Gasteiger partial charge >= 0.3 is 0 Å². The number of nitrogens with one attached hydrogen (secondary N) is 1. The Bertz CT molecular complexity index is 530. The molecule has 0 aliphatic rings. The molecule has 0 atom stereocenters. The van der Waals surface area contributed by atoms with E-state index in [0.717, 1.165) is 29.6 Å². The normalized spacial score (nSPS) is 10.8. The van der Waals surface area contributed by atoms with Crippen molar-refractivity contribution in [2.45, 2.75) is 27.3 Å². The van der Waals surface area contributed by atoms with Crippen molar-refractivity contribution < 1.29 is 0 Å². The van der Waals surface area contributed by atoms with Crippen LogP contribution in [0.2, 0.25) is 0 Å². The maximum Gasteiger partial charge on any atom is 0.158 e. The fourth-order valence-corrected chi connectivity index (χ4v) is 1.87. The molecule has 17 heavy (non-hydrogen) atoms. The van der Waals surface area contributed by atoms with Crippen LogP contribution in [-0.2, 0) is 6.54 Å². The smallest absolute Gasteiger partial charge is 0.158 e. The first kappa shape index (κ1) is 11.7. The second-order valence-corrected chi connectivity index (χ2v) is 4.13. The molecule has 0 unspecified atom stereocenters. The van der Waals surface area contributed by atoms with Crippen LogP contribution < -0.4 is 5.32 Å². The lowest BCUT2D eigenvalue weighted by atomic mass is 10.2. The number of aromatic nitrogens is 4. The molecule has 0 fully saturated rings. The first-order valence-corrected chi connectivity index (χ1v) is 5.62. The summed E-state index contributed by atoms with van der Waals surface area (Å²) in [5, 5.41) is 7.46. The Morgan fingerprint density at radius 3 is 2.59 bits per heavy atom. The lowest BCUT2D eigenvalue weighted by Crippen LogP contribution is -2.09. The van der Waals surface area contributed by atoms with Crippen molar-refractivity contribution in [1.82, 2.24) is 25.1 Å². The monoisotopic (exact) mass is 231 g/mol. The number of hydrogen-bond donors (Lipinski definition) is 1. The molecule has 1 N–H and O–H groups in total. The molecule has 5 heteroatoms. The van der Waals surface area contributed by atoms with E-state index in [-0.39, 0.29) is 0 Å². The van der Waals surface area contributed by atoms with Gasteiger partial charge in [0, 0.05) is 12.7 Å². The number of nitrogens with zero attached hydrogens (tertiary/aromatic N) is 4. The summed E-state index contributed by atoms with van der Waals surface area (Å²) in [6, 6.07) is 2.12. The standard InChI is InChI=1S/C12H17N5/c1-8-5-11(6-13-4)7-14-12(8)17-10(3)15-9(2)16-17/h5,7,13H,6H2,1-4H3. The first-order valence-electron chi connectivity index (χ1n) is 5.62. The Morgan fingerprint density at radius 1 is 1.29 bits per heavy atom. The van der Waals surface area contributed by atoms with Gasteiger partial charge in [0.2, 0.25) is 0 Å². The summed E-state index contributed by atoms with van der Waals surface area (Å²) in [6.45, 7) is 6.68. The average Bonchev–Trinajstić information content (AvgIpc) is 2.58. The van der Waals surface area contributed by atoms with E-state index in [1.54, 1.807) is 4.68 Å². The Balaban J connectivity index is 2.43. The number of rotatable bonds is 3. The molecule has 0 saturated heterocycles. The molecule has 2 rings (SSSR count). The van der Waals surface area contributed by atoms with Crippen LogP contribution in [0.4, 0.5) is 0 Å². The SMILES string of the molecule is CNCc1cnc(-n2nc(C)nc2C)c(C)c1. The van der Waals surface area contributed by atoms with Crippen LogP contribution in [0.25, 0.3) is 5.82 Å². The molecule has 90 valence electrons. The van der Waals surface area contributed by atoms with Gasteiger partial charge in [0.1, 0.15) is 11.6 Å². The molecule has 2 aromatic rings. The molecule has 0 bridgehead atoms. The Kier molecular flexibility index (Phi) is 3.19. The molecule has 0 aliphatic heterocycles. The van der Waals surface area contributed by atoms with Crippen molar-refractivity contribution >= 4 is 0 Å². The molecule has 0 radical (unpaired) electrons. The molecule has 0 amide bonds. The molecule has 0 aliphatic carbocycles. The highest BCUT2D eigenvalue weighted by atomic mass is 15.4. The van der Waals surface area contributed by atoms with Gasteiger partial charge in [0.05, 0.1) is 0 Å². The van der Waals surface area contributed by atoms with E-state index >= 15 is 0 Å². The molecule has 0 aromatic carbocycles. The highest BCUT2D eigenvalue weighted by molar-refractivity contribution is 5.35. The van der Waals surface area contributed by atoms with E-state index in [0.29, 0.717) is 0 Å².